The maximum Gasteiger partial charge on any atom is 0.222 e. The SMILES string of the molecule is CC(=O)c1ccc(-c2ccnc(Cl)n2)cc1F. The highest BCUT2D eigenvalue weighted by molar-refractivity contribution is 6.28. The summed E-state index contributed by atoms with van der Waals surface area (Å²) in [7, 11) is 0. The van der Waals surface area contributed by atoms with E-state index in [1.165, 1.54) is 25.3 Å². The van der Waals surface area contributed by atoms with Crippen molar-refractivity contribution in [3.8, 4) is 11.3 Å². The Hall–Kier alpha value is -1.81. The van der Waals surface area contributed by atoms with Crippen LogP contribution in [0.3, 0.4) is 0 Å². The summed E-state index contributed by atoms with van der Waals surface area (Å²) in [4.78, 5) is 18.8. The summed E-state index contributed by atoms with van der Waals surface area (Å²) in [5, 5.41) is 0.0959. The summed E-state index contributed by atoms with van der Waals surface area (Å²) in [6.45, 7) is 1.32. The Morgan fingerprint density at radius 1 is 1.35 bits per heavy atom. The van der Waals surface area contributed by atoms with Crippen LogP contribution < -0.4 is 0 Å². The molecule has 0 unspecified atom stereocenters. The van der Waals surface area contributed by atoms with E-state index in [2.05, 4.69) is 9.97 Å². The molecule has 1 aromatic heterocycles. The topological polar surface area (TPSA) is 42.9 Å². The Morgan fingerprint density at radius 2 is 2.12 bits per heavy atom. The van der Waals surface area contributed by atoms with E-state index in [9.17, 15) is 9.18 Å². The van der Waals surface area contributed by atoms with Gasteiger partial charge in [0.25, 0.3) is 0 Å². The Labute approximate surface area is 102 Å². The molecule has 2 aromatic rings. The minimum Gasteiger partial charge on any atom is -0.294 e. The van der Waals surface area contributed by atoms with Crippen LogP contribution in [0.5, 0.6) is 0 Å². The highest BCUT2D eigenvalue weighted by Gasteiger charge is 2.09. The molecule has 86 valence electrons. The summed E-state index contributed by atoms with van der Waals surface area (Å²) in [6.07, 6.45) is 1.49. The van der Waals surface area contributed by atoms with E-state index in [4.69, 9.17) is 11.6 Å². The maximum absolute atomic E-state index is 13.6. The molecule has 3 nitrogen and oxygen atoms in total. The van der Waals surface area contributed by atoms with E-state index >= 15 is 0 Å². The van der Waals surface area contributed by atoms with Crippen molar-refractivity contribution >= 4 is 17.4 Å². The Kier molecular flexibility index (Phi) is 3.15. The number of aromatic nitrogens is 2. The van der Waals surface area contributed by atoms with Crippen molar-refractivity contribution in [3.05, 3.63) is 47.1 Å². The molecular formula is C12H8ClFN2O. The monoisotopic (exact) mass is 250 g/mol. The zero-order valence-corrected chi connectivity index (χ0v) is 9.70. The number of carbonyl (C=O) groups excluding carboxylic acids is 1. The van der Waals surface area contributed by atoms with Gasteiger partial charge >= 0.3 is 0 Å². The molecule has 0 radical (unpaired) electrons. The molecule has 0 atom stereocenters. The van der Waals surface area contributed by atoms with Gasteiger partial charge in [-0.15, -0.1) is 0 Å². The quantitative estimate of drug-likeness (QED) is 0.607. The molecule has 0 fully saturated rings. The van der Waals surface area contributed by atoms with E-state index < -0.39 is 5.82 Å². The predicted molar refractivity (Wildman–Crippen MR) is 62.4 cm³/mol. The second-order valence-electron chi connectivity index (χ2n) is 3.46. The Bertz CT molecular complexity index is 586. The zero-order chi connectivity index (χ0) is 12.4. The summed E-state index contributed by atoms with van der Waals surface area (Å²) >= 11 is 5.65. The van der Waals surface area contributed by atoms with Crippen molar-refractivity contribution < 1.29 is 9.18 Å². The molecule has 1 aromatic carbocycles. The van der Waals surface area contributed by atoms with Crippen LogP contribution >= 0.6 is 11.6 Å². The largest absolute Gasteiger partial charge is 0.294 e. The number of rotatable bonds is 2. The molecule has 0 amide bonds. The summed E-state index contributed by atoms with van der Waals surface area (Å²) in [5.41, 5.74) is 1.13. The number of halogens is 2. The van der Waals surface area contributed by atoms with Gasteiger partial charge in [-0.2, -0.15) is 0 Å². The number of hydrogen-bond acceptors (Lipinski definition) is 3. The molecule has 5 heteroatoms. The van der Waals surface area contributed by atoms with Gasteiger partial charge in [-0.1, -0.05) is 6.07 Å². The number of ketones is 1. The molecule has 17 heavy (non-hydrogen) atoms. The third kappa shape index (κ3) is 2.47. The zero-order valence-electron chi connectivity index (χ0n) is 8.95. The first-order chi connectivity index (χ1) is 8.08. The number of hydrogen-bond donors (Lipinski definition) is 0. The van der Waals surface area contributed by atoms with Crippen molar-refractivity contribution in [1.82, 2.24) is 9.97 Å². The third-order valence-corrected chi connectivity index (χ3v) is 2.45. The smallest absolute Gasteiger partial charge is 0.222 e. The van der Waals surface area contributed by atoms with Crippen molar-refractivity contribution in [2.24, 2.45) is 0 Å². The Morgan fingerprint density at radius 3 is 2.71 bits per heavy atom. The molecule has 0 N–H and O–H groups in total. The first-order valence-corrected chi connectivity index (χ1v) is 5.25. The fourth-order valence-electron chi connectivity index (χ4n) is 1.46. The minimum atomic E-state index is -0.565. The van der Waals surface area contributed by atoms with Gasteiger partial charge in [0.05, 0.1) is 11.3 Å². The van der Waals surface area contributed by atoms with Gasteiger partial charge in [0.2, 0.25) is 5.28 Å². The van der Waals surface area contributed by atoms with Crippen LogP contribution in [0.2, 0.25) is 5.28 Å². The number of Topliss-reactive ketones (excluding diaryl/α,β-unsaturated/α-hetero) is 1. The molecule has 0 aliphatic heterocycles. The number of benzene rings is 1. The van der Waals surface area contributed by atoms with Crippen LogP contribution in [0.1, 0.15) is 17.3 Å². The maximum atomic E-state index is 13.6. The van der Waals surface area contributed by atoms with Crippen LogP contribution in [0, 0.1) is 5.82 Å². The first-order valence-electron chi connectivity index (χ1n) is 4.87. The fourth-order valence-corrected chi connectivity index (χ4v) is 1.60. The molecule has 0 aliphatic carbocycles. The molecule has 0 bridgehead atoms. The van der Waals surface area contributed by atoms with Crippen LogP contribution in [0.15, 0.2) is 30.5 Å². The molecule has 0 spiro atoms. The van der Waals surface area contributed by atoms with E-state index in [0.717, 1.165) is 0 Å². The average Bonchev–Trinajstić information content (AvgIpc) is 2.28. The van der Waals surface area contributed by atoms with Crippen molar-refractivity contribution in [2.75, 3.05) is 0 Å². The Balaban J connectivity index is 2.48. The van der Waals surface area contributed by atoms with E-state index in [1.807, 2.05) is 0 Å². The average molecular weight is 251 g/mol. The normalized spacial score (nSPS) is 10.3. The lowest BCUT2D eigenvalue weighted by Crippen LogP contribution is -1.97. The summed E-state index contributed by atoms with van der Waals surface area (Å²) in [6, 6.07) is 5.94. The first kappa shape index (κ1) is 11.7. The van der Waals surface area contributed by atoms with Gasteiger partial charge in [-0.3, -0.25) is 4.79 Å². The molecule has 2 rings (SSSR count). The molecule has 1 heterocycles. The summed E-state index contributed by atoms with van der Waals surface area (Å²) in [5.74, 6) is -0.875. The lowest BCUT2D eigenvalue weighted by atomic mass is 10.1. The van der Waals surface area contributed by atoms with Gasteiger partial charge in [0.1, 0.15) is 5.82 Å². The van der Waals surface area contributed by atoms with E-state index in [0.29, 0.717) is 11.3 Å². The van der Waals surface area contributed by atoms with Crippen LogP contribution in [-0.4, -0.2) is 15.8 Å². The fraction of sp³-hybridized carbons (Fsp3) is 0.0833. The van der Waals surface area contributed by atoms with Crippen LogP contribution in [-0.2, 0) is 0 Å². The van der Waals surface area contributed by atoms with Gasteiger partial charge in [-0.05, 0) is 36.7 Å². The van der Waals surface area contributed by atoms with E-state index in [-0.39, 0.29) is 16.6 Å². The lowest BCUT2D eigenvalue weighted by Gasteiger charge is -2.03. The summed E-state index contributed by atoms with van der Waals surface area (Å²) < 4.78 is 13.6. The van der Waals surface area contributed by atoms with Gasteiger partial charge in [0, 0.05) is 11.8 Å². The number of carbonyl (C=O) groups is 1. The number of nitrogens with zero attached hydrogens (tertiary/aromatic N) is 2. The minimum absolute atomic E-state index is 0.0638. The second kappa shape index (κ2) is 4.59. The van der Waals surface area contributed by atoms with Gasteiger partial charge in [0.15, 0.2) is 5.78 Å². The molecule has 0 aliphatic rings. The second-order valence-corrected chi connectivity index (χ2v) is 3.80. The predicted octanol–water partition coefficient (Wildman–Crippen LogP) is 3.14. The van der Waals surface area contributed by atoms with Crippen molar-refractivity contribution in [1.29, 1.82) is 0 Å². The van der Waals surface area contributed by atoms with Crippen molar-refractivity contribution in [2.45, 2.75) is 6.92 Å². The standard InChI is InChI=1S/C12H8ClFN2O/c1-7(17)9-3-2-8(6-10(9)14)11-4-5-15-12(13)16-11/h2-6H,1H3. The highest BCUT2D eigenvalue weighted by atomic mass is 35.5. The lowest BCUT2D eigenvalue weighted by molar-refractivity contribution is 0.101. The molecule has 0 saturated heterocycles. The van der Waals surface area contributed by atoms with Crippen molar-refractivity contribution in [3.63, 3.8) is 0 Å². The molecular weight excluding hydrogens is 243 g/mol. The van der Waals surface area contributed by atoms with Gasteiger partial charge < -0.3 is 0 Å². The van der Waals surface area contributed by atoms with Gasteiger partial charge in [-0.25, -0.2) is 14.4 Å². The third-order valence-electron chi connectivity index (χ3n) is 2.27. The molecule has 0 saturated carbocycles. The highest BCUT2D eigenvalue weighted by Crippen LogP contribution is 2.21. The van der Waals surface area contributed by atoms with Crippen LogP contribution in [0.25, 0.3) is 11.3 Å². The van der Waals surface area contributed by atoms with Crippen LogP contribution in [0.4, 0.5) is 4.39 Å². The van der Waals surface area contributed by atoms with E-state index in [1.54, 1.807) is 12.1 Å².